The van der Waals surface area contributed by atoms with Crippen molar-refractivity contribution in [3.8, 4) is 0 Å². The Morgan fingerprint density at radius 3 is 2.77 bits per heavy atom. The van der Waals surface area contributed by atoms with Gasteiger partial charge in [0, 0.05) is 43.0 Å². The number of rotatable bonds is 5. The molecule has 2 N–H and O–H groups in total. The number of halogens is 1. The number of carbonyl (C=O) groups excluding carboxylic acids is 2. The molecule has 1 aliphatic heterocycles. The summed E-state index contributed by atoms with van der Waals surface area (Å²) in [5.74, 6) is 0.295. The third-order valence-corrected chi connectivity index (χ3v) is 5.77. The molecule has 26 heavy (non-hydrogen) atoms. The van der Waals surface area contributed by atoms with Gasteiger partial charge in [0.25, 0.3) is 0 Å². The first-order valence-electron chi connectivity index (χ1n) is 9.61. The second-order valence-electron chi connectivity index (χ2n) is 7.42. The lowest BCUT2D eigenvalue weighted by Gasteiger charge is -2.37. The summed E-state index contributed by atoms with van der Waals surface area (Å²) in [4.78, 5) is 27.1. The molecule has 6 heteroatoms. The van der Waals surface area contributed by atoms with Crippen molar-refractivity contribution in [3.63, 3.8) is 0 Å². The van der Waals surface area contributed by atoms with Gasteiger partial charge in [0.1, 0.15) is 0 Å². The fourth-order valence-corrected chi connectivity index (χ4v) is 4.27. The number of benzene rings is 1. The van der Waals surface area contributed by atoms with Crippen LogP contribution in [0.2, 0.25) is 5.02 Å². The third-order valence-electron chi connectivity index (χ3n) is 5.42. The predicted octanol–water partition coefficient (Wildman–Crippen LogP) is 2.90. The Balaban J connectivity index is 1.61. The quantitative estimate of drug-likeness (QED) is 0.829. The summed E-state index contributed by atoms with van der Waals surface area (Å²) in [7, 11) is 0. The average Bonchev–Trinajstić information content (AvgIpc) is 3.17. The molecular formula is C20H28ClN3O2. The van der Waals surface area contributed by atoms with Crippen molar-refractivity contribution >= 4 is 23.4 Å². The van der Waals surface area contributed by atoms with Crippen LogP contribution in [0.1, 0.15) is 50.6 Å². The molecule has 142 valence electrons. The smallest absolute Gasteiger partial charge is 0.225 e. The fourth-order valence-electron chi connectivity index (χ4n) is 4.00. The van der Waals surface area contributed by atoms with E-state index in [1.165, 1.54) is 0 Å². The van der Waals surface area contributed by atoms with Crippen LogP contribution in [0.25, 0.3) is 0 Å². The van der Waals surface area contributed by atoms with Crippen LogP contribution in [0.4, 0.5) is 0 Å². The molecular weight excluding hydrogens is 350 g/mol. The summed E-state index contributed by atoms with van der Waals surface area (Å²) in [6.45, 7) is 4.03. The normalized spacial score (nSPS) is 22.2. The Bertz CT molecular complexity index is 646. The van der Waals surface area contributed by atoms with Crippen molar-refractivity contribution in [1.29, 1.82) is 0 Å². The Morgan fingerprint density at radius 2 is 2.04 bits per heavy atom. The number of hydrogen-bond donors (Lipinski definition) is 2. The van der Waals surface area contributed by atoms with E-state index in [0.29, 0.717) is 24.5 Å². The molecule has 0 spiro atoms. The van der Waals surface area contributed by atoms with Gasteiger partial charge in [0.05, 0.1) is 6.04 Å². The maximum atomic E-state index is 12.9. The maximum Gasteiger partial charge on any atom is 0.225 e. The van der Waals surface area contributed by atoms with Gasteiger partial charge in [-0.05, 0) is 31.4 Å². The highest BCUT2D eigenvalue weighted by Crippen LogP contribution is 2.29. The van der Waals surface area contributed by atoms with Crippen LogP contribution in [0, 0.1) is 5.92 Å². The van der Waals surface area contributed by atoms with Gasteiger partial charge in [-0.3, -0.25) is 9.59 Å². The molecule has 1 saturated heterocycles. The predicted molar refractivity (Wildman–Crippen MR) is 103 cm³/mol. The average molecular weight is 378 g/mol. The molecule has 2 atom stereocenters. The molecule has 1 saturated carbocycles. The van der Waals surface area contributed by atoms with Crippen molar-refractivity contribution < 1.29 is 9.59 Å². The summed E-state index contributed by atoms with van der Waals surface area (Å²) in [5, 5.41) is 7.06. The van der Waals surface area contributed by atoms with Gasteiger partial charge in [-0.25, -0.2) is 0 Å². The van der Waals surface area contributed by atoms with Crippen LogP contribution in [0.15, 0.2) is 24.3 Å². The lowest BCUT2D eigenvalue weighted by Crippen LogP contribution is -2.50. The Hall–Kier alpha value is -1.59. The lowest BCUT2D eigenvalue weighted by atomic mass is 10.0. The zero-order valence-corrected chi connectivity index (χ0v) is 16.1. The third kappa shape index (κ3) is 4.57. The van der Waals surface area contributed by atoms with Crippen LogP contribution in [-0.2, 0) is 9.59 Å². The summed E-state index contributed by atoms with van der Waals surface area (Å²) in [6.07, 6.45) is 4.52. The molecule has 1 aliphatic carbocycles. The van der Waals surface area contributed by atoms with Crippen LogP contribution >= 0.6 is 11.6 Å². The van der Waals surface area contributed by atoms with E-state index < -0.39 is 0 Å². The van der Waals surface area contributed by atoms with E-state index in [2.05, 4.69) is 10.6 Å². The maximum absolute atomic E-state index is 12.9. The van der Waals surface area contributed by atoms with Gasteiger partial charge in [-0.2, -0.15) is 0 Å². The van der Waals surface area contributed by atoms with Crippen molar-refractivity contribution in [3.05, 3.63) is 34.9 Å². The summed E-state index contributed by atoms with van der Waals surface area (Å²) in [6, 6.07) is 7.46. The highest BCUT2D eigenvalue weighted by Gasteiger charge is 2.30. The number of piperazine rings is 1. The minimum atomic E-state index is -0.155. The monoisotopic (exact) mass is 377 g/mol. The van der Waals surface area contributed by atoms with Gasteiger partial charge >= 0.3 is 0 Å². The topological polar surface area (TPSA) is 61.4 Å². The van der Waals surface area contributed by atoms with Crippen LogP contribution in [0.3, 0.4) is 0 Å². The minimum Gasteiger partial charge on any atom is -0.353 e. The first-order chi connectivity index (χ1) is 12.6. The highest BCUT2D eigenvalue weighted by atomic mass is 35.5. The lowest BCUT2D eigenvalue weighted by molar-refractivity contribution is -0.135. The molecule has 2 aliphatic rings. The Labute approximate surface area is 160 Å². The molecule has 0 bridgehead atoms. The molecule has 1 aromatic carbocycles. The number of nitrogens with zero attached hydrogens (tertiary/aromatic N) is 1. The second kappa shape index (κ2) is 8.87. The molecule has 2 unspecified atom stereocenters. The van der Waals surface area contributed by atoms with Gasteiger partial charge in [-0.15, -0.1) is 0 Å². The Morgan fingerprint density at radius 1 is 1.31 bits per heavy atom. The fraction of sp³-hybridized carbons (Fsp3) is 0.600. The molecule has 5 nitrogen and oxygen atoms in total. The zero-order valence-electron chi connectivity index (χ0n) is 15.3. The first-order valence-corrected chi connectivity index (χ1v) is 9.99. The van der Waals surface area contributed by atoms with Gasteiger partial charge < -0.3 is 15.5 Å². The summed E-state index contributed by atoms with van der Waals surface area (Å²) < 4.78 is 0. The van der Waals surface area contributed by atoms with Crippen molar-refractivity contribution in [2.75, 3.05) is 19.6 Å². The molecule has 2 fully saturated rings. The number of amides is 2. The molecule has 0 radical (unpaired) electrons. The molecule has 1 heterocycles. The van der Waals surface area contributed by atoms with E-state index in [0.717, 1.165) is 37.8 Å². The van der Waals surface area contributed by atoms with E-state index >= 15 is 0 Å². The largest absolute Gasteiger partial charge is 0.353 e. The highest BCUT2D eigenvalue weighted by molar-refractivity contribution is 6.31. The summed E-state index contributed by atoms with van der Waals surface area (Å²) >= 11 is 6.35. The minimum absolute atomic E-state index is 0.0654. The standard InChI is InChI=1S/C20H28ClN3O2/c1-14(23-20(26)15-6-2-3-7-15)12-19(25)24-11-10-22-13-18(24)16-8-4-5-9-17(16)21/h4-5,8-9,14-15,18,22H,2-3,6-7,10-13H2,1H3,(H,23,26). The second-order valence-corrected chi connectivity index (χ2v) is 7.83. The van der Waals surface area contributed by atoms with Crippen molar-refractivity contribution in [2.24, 2.45) is 5.92 Å². The van der Waals surface area contributed by atoms with E-state index in [-0.39, 0.29) is 29.8 Å². The van der Waals surface area contributed by atoms with E-state index in [1.54, 1.807) is 0 Å². The van der Waals surface area contributed by atoms with E-state index in [9.17, 15) is 9.59 Å². The molecule has 1 aromatic rings. The van der Waals surface area contributed by atoms with Crippen molar-refractivity contribution in [2.45, 2.75) is 51.1 Å². The van der Waals surface area contributed by atoms with Gasteiger partial charge in [-0.1, -0.05) is 42.6 Å². The molecule has 0 aromatic heterocycles. The first kappa shape index (κ1) is 19.2. The van der Waals surface area contributed by atoms with E-state index in [4.69, 9.17) is 11.6 Å². The van der Waals surface area contributed by atoms with Crippen LogP contribution < -0.4 is 10.6 Å². The Kier molecular flexibility index (Phi) is 6.54. The molecule has 3 rings (SSSR count). The van der Waals surface area contributed by atoms with Crippen molar-refractivity contribution in [1.82, 2.24) is 15.5 Å². The zero-order chi connectivity index (χ0) is 18.5. The number of hydrogen-bond acceptors (Lipinski definition) is 3. The number of carbonyl (C=O) groups is 2. The SMILES string of the molecule is CC(CC(=O)N1CCNCC1c1ccccc1Cl)NC(=O)C1CCCC1. The summed E-state index contributed by atoms with van der Waals surface area (Å²) in [5.41, 5.74) is 0.970. The van der Waals surface area contributed by atoms with Crippen LogP contribution in [0.5, 0.6) is 0 Å². The van der Waals surface area contributed by atoms with Gasteiger partial charge in [0.2, 0.25) is 11.8 Å². The van der Waals surface area contributed by atoms with Gasteiger partial charge in [0.15, 0.2) is 0 Å². The van der Waals surface area contributed by atoms with E-state index in [1.807, 2.05) is 36.1 Å². The number of nitrogens with one attached hydrogen (secondary N) is 2. The van der Waals surface area contributed by atoms with Crippen LogP contribution in [-0.4, -0.2) is 42.4 Å². The molecule has 2 amide bonds.